The van der Waals surface area contributed by atoms with E-state index < -0.39 is 6.04 Å². The molecule has 1 aromatic carbocycles. The molecule has 4 nitrogen and oxygen atoms in total. The van der Waals surface area contributed by atoms with E-state index in [2.05, 4.69) is 10.5 Å². The predicted octanol–water partition coefficient (Wildman–Crippen LogP) is 1.90. The van der Waals surface area contributed by atoms with Crippen LogP contribution >= 0.6 is 0 Å². The molecule has 0 radical (unpaired) electrons. The van der Waals surface area contributed by atoms with Crippen molar-refractivity contribution in [2.75, 3.05) is 0 Å². The quantitative estimate of drug-likeness (QED) is 0.642. The molecule has 2 rings (SSSR count). The van der Waals surface area contributed by atoms with Crippen molar-refractivity contribution < 1.29 is 4.39 Å². The lowest BCUT2D eigenvalue weighted by atomic mass is 10.0. The van der Waals surface area contributed by atoms with Gasteiger partial charge in [0.2, 0.25) is 0 Å². The number of benzene rings is 1. The van der Waals surface area contributed by atoms with E-state index in [9.17, 15) is 4.39 Å². The molecule has 0 bridgehead atoms. The van der Waals surface area contributed by atoms with E-state index in [-0.39, 0.29) is 5.82 Å². The Kier molecular flexibility index (Phi) is 3.74. The summed E-state index contributed by atoms with van der Waals surface area (Å²) in [6, 6.07) is 6.57. The lowest BCUT2D eigenvalue weighted by Crippen LogP contribution is -2.31. The van der Waals surface area contributed by atoms with E-state index in [0.717, 1.165) is 11.3 Å². The lowest BCUT2D eigenvalue weighted by Gasteiger charge is -2.18. The van der Waals surface area contributed by atoms with Crippen LogP contribution in [0.5, 0.6) is 0 Å². The molecule has 1 unspecified atom stereocenters. The zero-order chi connectivity index (χ0) is 13.1. The fraction of sp³-hybridized carbons (Fsp3) is 0.308. The number of nitrogens with one attached hydrogen (secondary N) is 1. The number of hydrogen-bond acceptors (Lipinski definition) is 3. The average molecular weight is 248 g/mol. The fourth-order valence-electron chi connectivity index (χ4n) is 2.05. The third-order valence-corrected chi connectivity index (χ3v) is 2.98. The summed E-state index contributed by atoms with van der Waals surface area (Å²) >= 11 is 0. The molecule has 96 valence electrons. The Morgan fingerprint density at radius 2 is 2.22 bits per heavy atom. The zero-order valence-electron chi connectivity index (χ0n) is 10.5. The molecule has 3 N–H and O–H groups in total. The molecule has 5 heteroatoms. The third kappa shape index (κ3) is 2.27. The lowest BCUT2D eigenvalue weighted by molar-refractivity contribution is 0.516. The van der Waals surface area contributed by atoms with Crippen LogP contribution in [-0.2, 0) is 6.54 Å². The van der Waals surface area contributed by atoms with Gasteiger partial charge in [-0.25, -0.2) is 9.82 Å². The highest BCUT2D eigenvalue weighted by Crippen LogP contribution is 2.24. The van der Waals surface area contributed by atoms with Gasteiger partial charge in [0, 0.05) is 18.3 Å². The maximum atomic E-state index is 14.0. The van der Waals surface area contributed by atoms with Crippen LogP contribution in [0.1, 0.15) is 29.8 Å². The highest BCUT2D eigenvalue weighted by molar-refractivity contribution is 5.31. The average Bonchev–Trinajstić information content (AvgIpc) is 2.81. The van der Waals surface area contributed by atoms with E-state index in [1.165, 1.54) is 6.07 Å². The van der Waals surface area contributed by atoms with Gasteiger partial charge in [-0.2, -0.15) is 5.10 Å². The molecule has 0 aliphatic rings. The number of hydrazine groups is 1. The van der Waals surface area contributed by atoms with E-state index in [4.69, 9.17) is 5.84 Å². The standard InChI is InChI=1S/C13H17FN4/c1-3-18-12(6-7-16-18)13(17-15)10-5-4-9(2)8-11(10)14/h4-8,13,17H,3,15H2,1-2H3. The summed E-state index contributed by atoms with van der Waals surface area (Å²) in [5.74, 6) is 5.31. The highest BCUT2D eigenvalue weighted by atomic mass is 19.1. The molecule has 0 spiro atoms. The van der Waals surface area contributed by atoms with Crippen molar-refractivity contribution in [3.63, 3.8) is 0 Å². The molecule has 0 fully saturated rings. The van der Waals surface area contributed by atoms with Crippen LogP contribution in [0.15, 0.2) is 30.5 Å². The normalized spacial score (nSPS) is 12.7. The molecular formula is C13H17FN4. The van der Waals surface area contributed by atoms with Gasteiger partial charge in [-0.15, -0.1) is 0 Å². The predicted molar refractivity (Wildman–Crippen MR) is 68.2 cm³/mol. The molecule has 1 aromatic heterocycles. The van der Waals surface area contributed by atoms with E-state index in [1.54, 1.807) is 16.9 Å². The molecule has 2 aromatic rings. The molecule has 1 atom stereocenters. The monoisotopic (exact) mass is 248 g/mol. The van der Waals surface area contributed by atoms with Crippen LogP contribution in [0.2, 0.25) is 0 Å². The van der Waals surface area contributed by atoms with Crippen molar-refractivity contribution in [3.05, 3.63) is 53.1 Å². The van der Waals surface area contributed by atoms with Gasteiger partial charge in [0.25, 0.3) is 0 Å². The first-order valence-electron chi connectivity index (χ1n) is 5.91. The summed E-state index contributed by atoms with van der Waals surface area (Å²) in [7, 11) is 0. The second kappa shape index (κ2) is 5.29. The van der Waals surface area contributed by atoms with E-state index >= 15 is 0 Å². The number of rotatable bonds is 4. The second-order valence-electron chi connectivity index (χ2n) is 4.20. The van der Waals surface area contributed by atoms with Crippen molar-refractivity contribution in [1.29, 1.82) is 0 Å². The molecular weight excluding hydrogens is 231 g/mol. The summed E-state index contributed by atoms with van der Waals surface area (Å²) in [4.78, 5) is 0. The van der Waals surface area contributed by atoms with Crippen molar-refractivity contribution in [2.24, 2.45) is 5.84 Å². The van der Waals surface area contributed by atoms with Crippen molar-refractivity contribution in [1.82, 2.24) is 15.2 Å². The van der Waals surface area contributed by atoms with Gasteiger partial charge in [-0.1, -0.05) is 12.1 Å². The van der Waals surface area contributed by atoms with Crippen molar-refractivity contribution >= 4 is 0 Å². The minimum Gasteiger partial charge on any atom is -0.271 e. The Bertz CT molecular complexity index is 536. The summed E-state index contributed by atoms with van der Waals surface area (Å²) in [6.07, 6.45) is 1.69. The first kappa shape index (κ1) is 12.7. The summed E-state index contributed by atoms with van der Waals surface area (Å²) in [5, 5.41) is 4.17. The Hall–Kier alpha value is -1.72. The maximum absolute atomic E-state index is 14.0. The van der Waals surface area contributed by atoms with Crippen molar-refractivity contribution in [3.8, 4) is 0 Å². The van der Waals surface area contributed by atoms with Gasteiger partial charge in [0.05, 0.1) is 11.7 Å². The summed E-state index contributed by atoms with van der Waals surface area (Å²) in [6.45, 7) is 4.55. The second-order valence-corrected chi connectivity index (χ2v) is 4.20. The van der Waals surface area contributed by atoms with E-state index in [1.807, 2.05) is 26.0 Å². The Morgan fingerprint density at radius 1 is 1.44 bits per heavy atom. The smallest absolute Gasteiger partial charge is 0.128 e. The van der Waals surface area contributed by atoms with Crippen molar-refractivity contribution in [2.45, 2.75) is 26.4 Å². The molecule has 0 aliphatic carbocycles. The highest BCUT2D eigenvalue weighted by Gasteiger charge is 2.19. The van der Waals surface area contributed by atoms with Gasteiger partial charge in [0.15, 0.2) is 0 Å². The Labute approximate surface area is 106 Å². The third-order valence-electron chi connectivity index (χ3n) is 2.98. The zero-order valence-corrected chi connectivity index (χ0v) is 10.5. The van der Waals surface area contributed by atoms with Gasteiger partial charge < -0.3 is 0 Å². The molecule has 0 amide bonds. The number of hydrogen-bond donors (Lipinski definition) is 2. The van der Waals surface area contributed by atoms with Gasteiger partial charge in [-0.3, -0.25) is 10.5 Å². The molecule has 18 heavy (non-hydrogen) atoms. The molecule has 1 heterocycles. The van der Waals surface area contributed by atoms with Crippen LogP contribution in [0, 0.1) is 12.7 Å². The minimum atomic E-state index is -0.395. The van der Waals surface area contributed by atoms with Crippen LogP contribution in [0.3, 0.4) is 0 Å². The summed E-state index contributed by atoms with van der Waals surface area (Å²) < 4.78 is 15.8. The van der Waals surface area contributed by atoms with Crippen LogP contribution in [0.4, 0.5) is 4.39 Å². The molecule has 0 saturated carbocycles. The summed E-state index contributed by atoms with van der Waals surface area (Å²) in [5.41, 5.74) is 4.92. The fourth-order valence-corrected chi connectivity index (χ4v) is 2.05. The minimum absolute atomic E-state index is 0.262. The SMILES string of the molecule is CCn1nccc1C(NN)c1ccc(C)cc1F. The molecule has 0 aliphatic heterocycles. The van der Waals surface area contributed by atoms with Crippen LogP contribution < -0.4 is 11.3 Å². The number of nitrogens with zero attached hydrogens (tertiary/aromatic N) is 2. The van der Waals surface area contributed by atoms with Crippen LogP contribution in [0.25, 0.3) is 0 Å². The number of halogens is 1. The van der Waals surface area contributed by atoms with E-state index in [0.29, 0.717) is 12.1 Å². The van der Waals surface area contributed by atoms with Gasteiger partial charge in [-0.05, 0) is 31.5 Å². The number of aryl methyl sites for hydroxylation is 2. The number of aromatic nitrogens is 2. The first-order chi connectivity index (χ1) is 8.67. The largest absolute Gasteiger partial charge is 0.271 e. The molecule has 0 saturated heterocycles. The van der Waals surface area contributed by atoms with Crippen LogP contribution in [-0.4, -0.2) is 9.78 Å². The number of nitrogens with two attached hydrogens (primary N) is 1. The van der Waals surface area contributed by atoms with Gasteiger partial charge >= 0.3 is 0 Å². The Balaban J connectivity index is 2.45. The topological polar surface area (TPSA) is 55.9 Å². The first-order valence-corrected chi connectivity index (χ1v) is 5.91. The van der Waals surface area contributed by atoms with Gasteiger partial charge in [0.1, 0.15) is 5.82 Å². The Morgan fingerprint density at radius 3 is 2.83 bits per heavy atom. The maximum Gasteiger partial charge on any atom is 0.128 e.